The maximum absolute atomic E-state index is 13.1. The number of methoxy groups -OCH3 is 2. The van der Waals surface area contributed by atoms with Crippen molar-refractivity contribution in [2.24, 2.45) is 4.99 Å². The van der Waals surface area contributed by atoms with Crippen LogP contribution in [0.4, 0.5) is 10.1 Å². The van der Waals surface area contributed by atoms with Gasteiger partial charge in [0.2, 0.25) is 0 Å². The summed E-state index contributed by atoms with van der Waals surface area (Å²) in [6, 6.07) is 13.7. The van der Waals surface area contributed by atoms with E-state index in [1.54, 1.807) is 38.1 Å². The average molecular weight is 397 g/mol. The first-order valence-electron chi connectivity index (χ1n) is 9.13. The molecule has 0 bridgehead atoms. The number of benzene rings is 2. The summed E-state index contributed by atoms with van der Waals surface area (Å²) >= 11 is 0. The Morgan fingerprint density at radius 2 is 1.83 bits per heavy atom. The number of nitrogens with one attached hydrogen (secondary N) is 2. The molecule has 0 spiro atoms. The first kappa shape index (κ1) is 20.2. The van der Waals surface area contributed by atoms with Crippen molar-refractivity contribution in [1.29, 1.82) is 0 Å². The summed E-state index contributed by atoms with van der Waals surface area (Å²) in [5.41, 5.74) is 2.57. The predicted octanol–water partition coefficient (Wildman–Crippen LogP) is 3.26. The highest BCUT2D eigenvalue weighted by Crippen LogP contribution is 2.29. The Hall–Kier alpha value is -3.55. The maximum Gasteiger partial charge on any atom is 0.195 e. The number of hydrogen-bond acceptors (Lipinski definition) is 4. The fraction of sp³-hybridized carbons (Fsp3) is 0.238. The minimum absolute atomic E-state index is 0.265. The van der Waals surface area contributed by atoms with Crippen molar-refractivity contribution in [3.63, 3.8) is 0 Å². The van der Waals surface area contributed by atoms with E-state index in [9.17, 15) is 4.39 Å². The Labute approximate surface area is 169 Å². The molecule has 0 atom stereocenters. The van der Waals surface area contributed by atoms with Crippen molar-refractivity contribution >= 4 is 11.6 Å². The molecule has 0 aliphatic rings. The Bertz CT molecular complexity index is 969. The van der Waals surface area contributed by atoms with Crippen LogP contribution >= 0.6 is 0 Å². The molecule has 0 amide bonds. The van der Waals surface area contributed by atoms with Crippen LogP contribution in [-0.2, 0) is 6.42 Å². The van der Waals surface area contributed by atoms with Gasteiger partial charge < -0.3 is 20.1 Å². The summed E-state index contributed by atoms with van der Waals surface area (Å²) < 4.78 is 25.3. The minimum Gasteiger partial charge on any atom is -0.493 e. The molecule has 0 radical (unpaired) electrons. The van der Waals surface area contributed by atoms with E-state index >= 15 is 0 Å². The van der Waals surface area contributed by atoms with Crippen molar-refractivity contribution in [2.45, 2.75) is 6.42 Å². The number of anilines is 1. The largest absolute Gasteiger partial charge is 0.493 e. The predicted molar refractivity (Wildman–Crippen MR) is 112 cm³/mol. The number of nitrogens with zero attached hydrogens (tertiary/aromatic N) is 3. The van der Waals surface area contributed by atoms with Gasteiger partial charge in [0.25, 0.3) is 0 Å². The second kappa shape index (κ2) is 9.59. The molecule has 29 heavy (non-hydrogen) atoms. The lowest BCUT2D eigenvalue weighted by atomic mass is 10.2. The van der Waals surface area contributed by atoms with Gasteiger partial charge in [-0.3, -0.25) is 4.99 Å². The van der Waals surface area contributed by atoms with Crippen LogP contribution in [0.2, 0.25) is 0 Å². The number of hydrogen-bond donors (Lipinski definition) is 2. The third-order valence-electron chi connectivity index (χ3n) is 4.28. The van der Waals surface area contributed by atoms with E-state index < -0.39 is 0 Å². The van der Waals surface area contributed by atoms with Gasteiger partial charge in [0.15, 0.2) is 17.5 Å². The Balaban J connectivity index is 1.55. The van der Waals surface area contributed by atoms with Crippen LogP contribution in [0.25, 0.3) is 5.69 Å². The summed E-state index contributed by atoms with van der Waals surface area (Å²) in [6.07, 6.45) is 2.57. The minimum atomic E-state index is -0.265. The zero-order valence-electron chi connectivity index (χ0n) is 16.6. The van der Waals surface area contributed by atoms with E-state index in [0.717, 1.165) is 17.1 Å². The van der Waals surface area contributed by atoms with Gasteiger partial charge in [0, 0.05) is 38.0 Å². The number of ether oxygens (including phenoxy) is 2. The molecular formula is C21H24FN5O2. The van der Waals surface area contributed by atoms with Gasteiger partial charge in [0.05, 0.1) is 25.6 Å². The van der Waals surface area contributed by atoms with Gasteiger partial charge in [-0.1, -0.05) is 0 Å². The topological polar surface area (TPSA) is 72.7 Å². The lowest BCUT2D eigenvalue weighted by Crippen LogP contribution is -2.32. The Morgan fingerprint density at radius 1 is 1.07 bits per heavy atom. The standard InChI is InChI=1S/C21H24FN5O2/c1-23-21(25-17-6-9-19(28-2)20(14-17)29-3)24-12-10-16-11-13-27(26-16)18-7-4-15(22)5-8-18/h4-9,11,13-14H,10,12H2,1-3H3,(H2,23,24,25). The zero-order chi connectivity index (χ0) is 20.6. The van der Waals surface area contributed by atoms with Crippen molar-refractivity contribution in [3.05, 3.63) is 66.2 Å². The van der Waals surface area contributed by atoms with Gasteiger partial charge in [-0.15, -0.1) is 0 Å². The van der Waals surface area contributed by atoms with Crippen LogP contribution in [0.15, 0.2) is 59.7 Å². The quantitative estimate of drug-likeness (QED) is 0.473. The third kappa shape index (κ3) is 5.25. The second-order valence-corrected chi connectivity index (χ2v) is 6.17. The summed E-state index contributed by atoms with van der Waals surface area (Å²) in [4.78, 5) is 4.23. The highest BCUT2D eigenvalue weighted by Gasteiger charge is 2.07. The van der Waals surface area contributed by atoms with Gasteiger partial charge in [-0.05, 0) is 42.5 Å². The van der Waals surface area contributed by atoms with E-state index in [1.807, 2.05) is 30.5 Å². The van der Waals surface area contributed by atoms with Gasteiger partial charge in [-0.25, -0.2) is 9.07 Å². The molecule has 0 aliphatic carbocycles. The van der Waals surface area contributed by atoms with Gasteiger partial charge in [0.1, 0.15) is 5.82 Å². The van der Waals surface area contributed by atoms with E-state index in [4.69, 9.17) is 9.47 Å². The van der Waals surface area contributed by atoms with Gasteiger partial charge in [-0.2, -0.15) is 5.10 Å². The molecule has 3 rings (SSSR count). The van der Waals surface area contributed by atoms with Crippen molar-refractivity contribution < 1.29 is 13.9 Å². The fourth-order valence-electron chi connectivity index (χ4n) is 2.77. The van der Waals surface area contributed by atoms with E-state index in [-0.39, 0.29) is 5.82 Å². The molecule has 0 fully saturated rings. The van der Waals surface area contributed by atoms with E-state index in [1.165, 1.54) is 12.1 Å². The Kier molecular flexibility index (Phi) is 6.67. The number of guanidine groups is 1. The average Bonchev–Trinajstić information content (AvgIpc) is 3.22. The van der Waals surface area contributed by atoms with E-state index in [0.29, 0.717) is 30.4 Å². The molecule has 0 unspecified atom stereocenters. The Morgan fingerprint density at radius 3 is 2.52 bits per heavy atom. The summed E-state index contributed by atoms with van der Waals surface area (Å²) in [5.74, 6) is 1.67. The van der Waals surface area contributed by atoms with Crippen molar-refractivity contribution in [3.8, 4) is 17.2 Å². The summed E-state index contributed by atoms with van der Waals surface area (Å²) in [6.45, 7) is 0.646. The SMILES string of the molecule is CN=C(NCCc1ccn(-c2ccc(F)cc2)n1)Nc1ccc(OC)c(OC)c1. The van der Waals surface area contributed by atoms with Crippen LogP contribution < -0.4 is 20.1 Å². The molecule has 8 heteroatoms. The number of aliphatic imine (C=N–C) groups is 1. The van der Waals surface area contributed by atoms with Crippen molar-refractivity contribution in [2.75, 3.05) is 33.1 Å². The van der Waals surface area contributed by atoms with Gasteiger partial charge >= 0.3 is 0 Å². The zero-order valence-corrected chi connectivity index (χ0v) is 16.6. The summed E-state index contributed by atoms with van der Waals surface area (Å²) in [7, 11) is 4.90. The first-order valence-corrected chi connectivity index (χ1v) is 9.13. The molecule has 0 saturated carbocycles. The highest BCUT2D eigenvalue weighted by atomic mass is 19.1. The molecule has 2 N–H and O–H groups in total. The molecule has 3 aromatic rings. The van der Waals surface area contributed by atoms with E-state index in [2.05, 4.69) is 20.7 Å². The molecule has 152 valence electrons. The normalized spacial score (nSPS) is 11.2. The molecule has 7 nitrogen and oxygen atoms in total. The fourth-order valence-corrected chi connectivity index (χ4v) is 2.77. The number of halogens is 1. The van der Waals surface area contributed by atoms with Crippen LogP contribution in [0.3, 0.4) is 0 Å². The smallest absolute Gasteiger partial charge is 0.195 e. The van der Waals surface area contributed by atoms with Crippen LogP contribution in [0, 0.1) is 5.82 Å². The molecule has 0 aliphatic heterocycles. The third-order valence-corrected chi connectivity index (χ3v) is 4.28. The first-order chi connectivity index (χ1) is 14.1. The number of rotatable bonds is 7. The lowest BCUT2D eigenvalue weighted by molar-refractivity contribution is 0.355. The lowest BCUT2D eigenvalue weighted by Gasteiger charge is -2.13. The van der Waals surface area contributed by atoms with Crippen LogP contribution in [0.1, 0.15) is 5.69 Å². The molecule has 0 saturated heterocycles. The van der Waals surface area contributed by atoms with Crippen LogP contribution in [0.5, 0.6) is 11.5 Å². The highest BCUT2D eigenvalue weighted by molar-refractivity contribution is 5.93. The molecular weight excluding hydrogens is 373 g/mol. The number of aromatic nitrogens is 2. The van der Waals surface area contributed by atoms with Crippen molar-refractivity contribution in [1.82, 2.24) is 15.1 Å². The molecule has 1 heterocycles. The molecule has 1 aromatic heterocycles. The maximum atomic E-state index is 13.1. The monoisotopic (exact) mass is 397 g/mol. The summed E-state index contributed by atoms with van der Waals surface area (Å²) in [5, 5.41) is 11.0. The molecule has 2 aromatic carbocycles. The van der Waals surface area contributed by atoms with Crippen LogP contribution in [-0.4, -0.2) is 43.6 Å². The second-order valence-electron chi connectivity index (χ2n) is 6.17.